The number of anilines is 2. The molecule has 2 bridgehead atoms. The normalized spacial score (nSPS) is 33.8. The molecule has 1 aromatic carbocycles. The number of nitrogens with zero attached hydrogens (tertiary/aromatic N) is 1. The van der Waals surface area contributed by atoms with E-state index in [-0.39, 0.29) is 0 Å². The van der Waals surface area contributed by atoms with Crippen molar-refractivity contribution in [3.05, 3.63) is 23.8 Å². The van der Waals surface area contributed by atoms with Gasteiger partial charge in [0.1, 0.15) is 0 Å². The van der Waals surface area contributed by atoms with E-state index >= 15 is 0 Å². The Hall–Kier alpha value is -1.18. The van der Waals surface area contributed by atoms with Gasteiger partial charge in [0.05, 0.1) is 0 Å². The van der Waals surface area contributed by atoms with E-state index < -0.39 is 0 Å². The molecule has 1 aliphatic heterocycles. The van der Waals surface area contributed by atoms with E-state index in [1.807, 2.05) is 0 Å². The smallest absolute Gasteiger partial charge is 0.0422 e. The van der Waals surface area contributed by atoms with Crippen LogP contribution in [0.4, 0.5) is 11.4 Å². The highest BCUT2D eigenvalue weighted by Gasteiger charge is 2.43. The summed E-state index contributed by atoms with van der Waals surface area (Å²) in [5.41, 5.74) is 10.0. The highest BCUT2D eigenvalue weighted by Crippen LogP contribution is 2.48. The van der Waals surface area contributed by atoms with Crippen LogP contribution in [0.3, 0.4) is 0 Å². The number of nitrogens with two attached hydrogens (primary N) is 1. The van der Waals surface area contributed by atoms with Gasteiger partial charge < -0.3 is 10.6 Å². The third kappa shape index (κ3) is 1.47. The van der Waals surface area contributed by atoms with Gasteiger partial charge in [-0.3, -0.25) is 0 Å². The molecular weight excluding hydrogens is 220 g/mol. The van der Waals surface area contributed by atoms with Crippen molar-refractivity contribution in [1.82, 2.24) is 0 Å². The summed E-state index contributed by atoms with van der Waals surface area (Å²) in [5, 5.41) is 0. The van der Waals surface area contributed by atoms with Gasteiger partial charge in [-0.25, -0.2) is 0 Å². The van der Waals surface area contributed by atoms with Gasteiger partial charge in [0.15, 0.2) is 0 Å². The van der Waals surface area contributed by atoms with Crippen molar-refractivity contribution in [2.75, 3.05) is 17.2 Å². The average molecular weight is 242 g/mol. The monoisotopic (exact) mass is 242 g/mol. The lowest BCUT2D eigenvalue weighted by Gasteiger charge is -2.40. The second-order valence-corrected chi connectivity index (χ2v) is 6.38. The van der Waals surface area contributed by atoms with Gasteiger partial charge in [0.2, 0.25) is 0 Å². The molecule has 2 fully saturated rings. The Bertz CT molecular complexity index is 468. The van der Waals surface area contributed by atoms with Gasteiger partial charge in [-0.15, -0.1) is 0 Å². The second kappa shape index (κ2) is 3.91. The number of benzene rings is 1. The van der Waals surface area contributed by atoms with Crippen LogP contribution >= 0.6 is 0 Å². The van der Waals surface area contributed by atoms with Crippen LogP contribution in [0.25, 0.3) is 0 Å². The molecule has 18 heavy (non-hydrogen) atoms. The first kappa shape index (κ1) is 10.7. The summed E-state index contributed by atoms with van der Waals surface area (Å²) in [5.74, 6) is 1.98. The zero-order valence-corrected chi connectivity index (χ0v) is 10.9. The zero-order chi connectivity index (χ0) is 12.1. The van der Waals surface area contributed by atoms with Crippen LogP contribution in [0.15, 0.2) is 18.2 Å². The van der Waals surface area contributed by atoms with Crippen LogP contribution in [0, 0.1) is 11.8 Å². The number of fused-ring (bicyclic) bond motifs is 3. The molecule has 2 heteroatoms. The first-order chi connectivity index (χ1) is 8.83. The Morgan fingerprint density at radius 3 is 2.89 bits per heavy atom. The molecule has 2 saturated carbocycles. The number of rotatable bonds is 1. The van der Waals surface area contributed by atoms with Crippen LogP contribution < -0.4 is 10.6 Å². The van der Waals surface area contributed by atoms with Crippen LogP contribution in [-0.4, -0.2) is 12.6 Å². The lowest BCUT2D eigenvalue weighted by molar-refractivity contribution is 0.386. The summed E-state index contributed by atoms with van der Waals surface area (Å²) < 4.78 is 0. The quantitative estimate of drug-likeness (QED) is 0.766. The summed E-state index contributed by atoms with van der Waals surface area (Å²) >= 11 is 0. The Morgan fingerprint density at radius 1 is 1.17 bits per heavy atom. The van der Waals surface area contributed by atoms with Crippen molar-refractivity contribution < 1.29 is 0 Å². The fourth-order valence-electron chi connectivity index (χ4n) is 4.62. The maximum Gasteiger partial charge on any atom is 0.0422 e. The minimum absolute atomic E-state index is 0.810. The summed E-state index contributed by atoms with van der Waals surface area (Å²) in [6.45, 7) is 1.24. The Balaban J connectivity index is 1.70. The molecule has 3 unspecified atom stereocenters. The highest BCUT2D eigenvalue weighted by molar-refractivity contribution is 5.66. The molecule has 0 amide bonds. The summed E-state index contributed by atoms with van der Waals surface area (Å²) in [6.07, 6.45) is 8.30. The Labute approximate surface area is 109 Å². The van der Waals surface area contributed by atoms with Gasteiger partial charge in [-0.1, -0.05) is 12.5 Å². The van der Waals surface area contributed by atoms with Gasteiger partial charge in [0, 0.05) is 24.0 Å². The van der Waals surface area contributed by atoms with Crippen molar-refractivity contribution in [3.8, 4) is 0 Å². The molecule has 2 aliphatic carbocycles. The maximum absolute atomic E-state index is 6.15. The van der Waals surface area contributed by atoms with Crippen LogP contribution in [0.2, 0.25) is 0 Å². The molecule has 0 saturated heterocycles. The molecule has 3 aliphatic rings. The molecule has 0 aromatic heterocycles. The minimum atomic E-state index is 0.810. The van der Waals surface area contributed by atoms with Crippen molar-refractivity contribution >= 4 is 11.4 Å². The largest absolute Gasteiger partial charge is 0.398 e. The topological polar surface area (TPSA) is 29.3 Å². The Kier molecular flexibility index (Phi) is 2.33. The summed E-state index contributed by atoms with van der Waals surface area (Å²) in [6, 6.07) is 7.28. The molecule has 2 N–H and O–H groups in total. The molecule has 0 spiro atoms. The van der Waals surface area contributed by atoms with E-state index in [1.54, 1.807) is 0 Å². The highest BCUT2D eigenvalue weighted by atomic mass is 15.2. The first-order valence-electron chi connectivity index (χ1n) is 7.47. The van der Waals surface area contributed by atoms with E-state index in [0.717, 1.165) is 23.6 Å². The molecule has 2 nitrogen and oxygen atoms in total. The van der Waals surface area contributed by atoms with Gasteiger partial charge in [-0.2, -0.15) is 0 Å². The lowest BCUT2D eigenvalue weighted by atomic mass is 9.90. The summed E-state index contributed by atoms with van der Waals surface area (Å²) in [4.78, 5) is 2.69. The van der Waals surface area contributed by atoms with E-state index in [4.69, 9.17) is 5.73 Å². The SMILES string of the molecule is Nc1cccc2c1CCCN2C1CC2CCC1C2. The fraction of sp³-hybridized carbons (Fsp3) is 0.625. The molecule has 0 radical (unpaired) electrons. The third-order valence-electron chi connectivity index (χ3n) is 5.42. The zero-order valence-electron chi connectivity index (χ0n) is 10.9. The van der Waals surface area contributed by atoms with Crippen molar-refractivity contribution in [2.45, 2.75) is 44.6 Å². The predicted molar refractivity (Wildman–Crippen MR) is 75.8 cm³/mol. The van der Waals surface area contributed by atoms with E-state index in [2.05, 4.69) is 23.1 Å². The van der Waals surface area contributed by atoms with Crippen molar-refractivity contribution in [2.24, 2.45) is 11.8 Å². The molecule has 4 rings (SSSR count). The lowest BCUT2D eigenvalue weighted by Crippen LogP contribution is -2.42. The van der Waals surface area contributed by atoms with E-state index in [1.165, 1.54) is 56.3 Å². The standard InChI is InChI=1S/C16H22N2/c17-14-4-1-5-15-13(14)3-2-8-18(15)16-10-11-6-7-12(16)9-11/h1,4-5,11-12,16H,2-3,6-10,17H2. The van der Waals surface area contributed by atoms with Crippen LogP contribution in [0.1, 0.15) is 37.7 Å². The van der Waals surface area contributed by atoms with Crippen molar-refractivity contribution in [1.29, 1.82) is 0 Å². The maximum atomic E-state index is 6.15. The predicted octanol–water partition coefficient (Wildman–Crippen LogP) is 3.21. The van der Waals surface area contributed by atoms with Crippen LogP contribution in [0.5, 0.6) is 0 Å². The van der Waals surface area contributed by atoms with Crippen molar-refractivity contribution in [3.63, 3.8) is 0 Å². The third-order valence-corrected chi connectivity index (χ3v) is 5.42. The second-order valence-electron chi connectivity index (χ2n) is 6.38. The summed E-state index contributed by atoms with van der Waals surface area (Å²) in [7, 11) is 0. The first-order valence-corrected chi connectivity index (χ1v) is 7.47. The average Bonchev–Trinajstić information content (AvgIpc) is 3.01. The molecular formula is C16H22N2. The number of nitrogen functional groups attached to an aromatic ring is 1. The van der Waals surface area contributed by atoms with E-state index in [0.29, 0.717) is 0 Å². The van der Waals surface area contributed by atoms with E-state index in [9.17, 15) is 0 Å². The molecule has 96 valence electrons. The van der Waals surface area contributed by atoms with Gasteiger partial charge >= 0.3 is 0 Å². The number of hydrogen-bond donors (Lipinski definition) is 1. The molecule has 3 atom stereocenters. The molecule has 1 aromatic rings. The Morgan fingerprint density at radius 2 is 2.11 bits per heavy atom. The minimum Gasteiger partial charge on any atom is -0.398 e. The van der Waals surface area contributed by atoms with Gasteiger partial charge in [-0.05, 0) is 61.6 Å². The molecule has 1 heterocycles. The fourth-order valence-corrected chi connectivity index (χ4v) is 4.62. The van der Waals surface area contributed by atoms with Gasteiger partial charge in [0.25, 0.3) is 0 Å². The van der Waals surface area contributed by atoms with Crippen LogP contribution in [-0.2, 0) is 6.42 Å². The number of hydrogen-bond acceptors (Lipinski definition) is 2.